The summed E-state index contributed by atoms with van der Waals surface area (Å²) in [6.45, 7) is 15.5. The quantitative estimate of drug-likeness (QED) is 0.0891. The Hall–Kier alpha value is -6.38. The van der Waals surface area contributed by atoms with Crippen molar-refractivity contribution in [1.29, 1.82) is 0 Å². The summed E-state index contributed by atoms with van der Waals surface area (Å²) >= 11 is 0. The summed E-state index contributed by atoms with van der Waals surface area (Å²) < 4.78 is 10.2. The Morgan fingerprint density at radius 3 is 2.04 bits per heavy atom. The number of rotatable bonds is 13. The predicted octanol–water partition coefficient (Wildman–Crippen LogP) is 9.55. The molecule has 8 rings (SSSR count). The molecule has 7 atom stereocenters. The summed E-state index contributed by atoms with van der Waals surface area (Å²) in [5.74, 6) is 0.790. The largest absolute Gasteiger partial charge is 0.453 e. The number of H-pyrrole nitrogens is 2. The van der Waals surface area contributed by atoms with Crippen molar-refractivity contribution in [3.05, 3.63) is 101 Å². The van der Waals surface area contributed by atoms with Gasteiger partial charge in [0.25, 0.3) is 5.91 Å². The number of anilines is 1. The normalized spacial score (nSPS) is 21.2. The topological polar surface area (TPSA) is 192 Å². The number of carbonyl (C=O) groups excluding carboxylic acids is 4. The van der Waals surface area contributed by atoms with Gasteiger partial charge in [0.05, 0.1) is 54.2 Å². The zero-order chi connectivity index (χ0) is 47.7. The van der Waals surface area contributed by atoms with Crippen molar-refractivity contribution in [3.63, 3.8) is 0 Å². The second-order valence-electron chi connectivity index (χ2n) is 20.0. The van der Waals surface area contributed by atoms with Crippen molar-refractivity contribution < 1.29 is 28.7 Å². The molecule has 356 valence electrons. The number of nitrogens with zero attached hydrogens (tertiary/aromatic N) is 5. The fourth-order valence-electron chi connectivity index (χ4n) is 10.3. The van der Waals surface area contributed by atoms with Crippen LogP contribution in [0.2, 0.25) is 0 Å². The molecule has 2 aromatic heterocycles. The van der Waals surface area contributed by atoms with E-state index in [0.29, 0.717) is 25.3 Å². The van der Waals surface area contributed by atoms with Crippen LogP contribution in [-0.4, -0.2) is 86.1 Å². The first-order valence-electron chi connectivity index (χ1n) is 24.0. The fourth-order valence-corrected chi connectivity index (χ4v) is 10.3. The van der Waals surface area contributed by atoms with Crippen molar-refractivity contribution in [2.24, 2.45) is 17.6 Å². The highest BCUT2D eigenvalue weighted by Gasteiger charge is 2.41. The van der Waals surface area contributed by atoms with Gasteiger partial charge in [0, 0.05) is 24.7 Å². The second kappa shape index (κ2) is 19.5. The molecule has 0 radical (unpaired) electrons. The maximum atomic E-state index is 13.9. The molecule has 3 aromatic carbocycles. The summed E-state index contributed by atoms with van der Waals surface area (Å²) in [5.41, 5.74) is 13.8. The molecule has 3 aliphatic rings. The van der Waals surface area contributed by atoms with Crippen LogP contribution in [0.5, 0.6) is 0 Å². The van der Waals surface area contributed by atoms with Gasteiger partial charge in [-0.15, -0.1) is 0 Å². The van der Waals surface area contributed by atoms with Gasteiger partial charge >= 0.3 is 12.2 Å². The highest BCUT2D eigenvalue weighted by Crippen LogP contribution is 2.48. The van der Waals surface area contributed by atoms with E-state index < -0.39 is 24.3 Å². The molecule has 1 unspecified atom stereocenters. The molecule has 15 nitrogen and oxygen atoms in total. The van der Waals surface area contributed by atoms with Crippen LogP contribution >= 0.6 is 0 Å². The van der Waals surface area contributed by atoms with E-state index in [1.54, 1.807) is 4.90 Å². The number of hydrogen-bond donors (Lipinski definition) is 4. The summed E-state index contributed by atoms with van der Waals surface area (Å²) in [4.78, 5) is 74.6. The van der Waals surface area contributed by atoms with Gasteiger partial charge in [-0.05, 0) is 103 Å². The number of alkyl carbamates (subject to hydrolysis) is 1. The van der Waals surface area contributed by atoms with E-state index >= 15 is 0 Å². The highest BCUT2D eigenvalue weighted by molar-refractivity contribution is 5.87. The van der Waals surface area contributed by atoms with E-state index in [1.807, 2.05) is 38.8 Å². The fraction of sp³-hybridized carbons (Fsp3) is 0.500. The number of primary amides is 1. The van der Waals surface area contributed by atoms with Crippen LogP contribution in [0.3, 0.4) is 0 Å². The maximum absolute atomic E-state index is 13.9. The number of fused-ring (bicyclic) bond motifs is 1. The van der Waals surface area contributed by atoms with Crippen LogP contribution < -0.4 is 16.0 Å². The second-order valence-corrected chi connectivity index (χ2v) is 20.0. The number of likely N-dealkylation sites (tertiary alicyclic amines) is 2. The minimum atomic E-state index is -0.949. The first kappa shape index (κ1) is 47.1. The van der Waals surface area contributed by atoms with Gasteiger partial charge in [0.1, 0.15) is 17.7 Å². The van der Waals surface area contributed by atoms with Crippen molar-refractivity contribution >= 4 is 40.7 Å². The summed E-state index contributed by atoms with van der Waals surface area (Å²) in [6, 6.07) is 23.2. The SMILES string of the molecule is CCC(C)[C@H](OC(N)=O)C(=O)N1CCC[C@H]1c1ncc(-c2ccc([C@@H]3CC[C@@H](c4ccc5nc([C@@H]6CCCN6C(=O)[C@@H](NC(=O)OC)C(C)C)[nH]c5c4)N3c3ccc(C(C)(C)C)cc3)cc2)[nH]1. The molecule has 5 aromatic rings. The smallest absolute Gasteiger partial charge is 0.407 e. The lowest BCUT2D eigenvalue weighted by atomic mass is 9.87. The van der Waals surface area contributed by atoms with Crippen LogP contribution in [0.15, 0.2) is 72.9 Å². The van der Waals surface area contributed by atoms with Crippen molar-refractivity contribution in [1.82, 2.24) is 35.1 Å². The van der Waals surface area contributed by atoms with E-state index in [9.17, 15) is 19.2 Å². The van der Waals surface area contributed by atoms with Crippen LogP contribution in [0.1, 0.15) is 146 Å². The maximum Gasteiger partial charge on any atom is 0.407 e. The van der Waals surface area contributed by atoms with E-state index in [0.717, 1.165) is 72.3 Å². The summed E-state index contributed by atoms with van der Waals surface area (Å²) in [6.07, 6.45) is 5.07. The first-order valence-corrected chi connectivity index (χ1v) is 24.0. The number of imidazole rings is 2. The predicted molar refractivity (Wildman–Crippen MR) is 258 cm³/mol. The number of nitrogens with two attached hydrogens (primary N) is 1. The van der Waals surface area contributed by atoms with E-state index in [-0.39, 0.29) is 53.2 Å². The Labute approximate surface area is 393 Å². The number of hydrogen-bond acceptors (Lipinski definition) is 9. The molecule has 0 aliphatic carbocycles. The lowest BCUT2D eigenvalue weighted by Crippen LogP contribution is -2.51. The Morgan fingerprint density at radius 1 is 0.806 bits per heavy atom. The minimum Gasteiger partial charge on any atom is -0.453 e. The van der Waals surface area contributed by atoms with E-state index in [4.69, 9.17) is 25.2 Å². The zero-order valence-electron chi connectivity index (χ0n) is 40.2. The molecule has 3 saturated heterocycles. The molecular formula is C52H67N9O6. The lowest BCUT2D eigenvalue weighted by molar-refractivity contribution is -0.144. The van der Waals surface area contributed by atoms with Crippen LogP contribution in [-0.2, 0) is 24.5 Å². The number of aromatic nitrogens is 4. The van der Waals surface area contributed by atoms with Gasteiger partial charge in [-0.2, -0.15) is 0 Å². The lowest BCUT2D eigenvalue weighted by Gasteiger charge is -2.34. The summed E-state index contributed by atoms with van der Waals surface area (Å²) in [5, 5.41) is 2.74. The number of aromatic amines is 2. The van der Waals surface area contributed by atoms with Crippen LogP contribution in [0, 0.1) is 11.8 Å². The molecule has 0 bridgehead atoms. The van der Waals surface area contributed by atoms with Crippen LogP contribution in [0.4, 0.5) is 15.3 Å². The monoisotopic (exact) mass is 914 g/mol. The number of carbonyl (C=O) groups is 4. The number of ether oxygens (including phenoxy) is 2. The molecule has 4 amide bonds. The molecule has 3 aliphatic heterocycles. The van der Waals surface area contributed by atoms with Crippen molar-refractivity contribution in [2.75, 3.05) is 25.1 Å². The zero-order valence-corrected chi connectivity index (χ0v) is 40.2. The molecule has 3 fully saturated rings. The van der Waals surface area contributed by atoms with Crippen LogP contribution in [0.25, 0.3) is 22.3 Å². The number of methoxy groups -OCH3 is 1. The number of amides is 4. The molecule has 67 heavy (non-hydrogen) atoms. The van der Waals surface area contributed by atoms with Gasteiger partial charge in [-0.25, -0.2) is 19.6 Å². The average molecular weight is 914 g/mol. The molecule has 5 N–H and O–H groups in total. The Morgan fingerprint density at radius 2 is 1.43 bits per heavy atom. The molecular weight excluding hydrogens is 847 g/mol. The third-order valence-corrected chi connectivity index (χ3v) is 14.3. The molecule has 0 saturated carbocycles. The van der Waals surface area contributed by atoms with Crippen molar-refractivity contribution in [3.8, 4) is 11.3 Å². The summed E-state index contributed by atoms with van der Waals surface area (Å²) in [7, 11) is 1.30. The van der Waals surface area contributed by atoms with E-state index in [1.165, 1.54) is 23.8 Å². The van der Waals surface area contributed by atoms with Gasteiger partial charge in [0.15, 0.2) is 6.10 Å². The molecule has 5 heterocycles. The standard InChI is InChI=1S/C52H67N9O6/c1-9-31(4)45(67-50(53)64)49(63)60-27-10-12-42(60)46-54-29-39(57-46)32-14-16-33(17-15-32)40-24-25-41(61(40)36-21-19-35(20-22-36)52(5,6)7)34-18-23-37-38(28-34)56-47(55-37)43-13-11-26-59(43)48(62)44(30(2)3)58-51(65)66-8/h14-23,28-31,40-45H,9-13,24-27H2,1-8H3,(H2,53,64)(H,54,57)(H,55,56)(H,58,65)/t31?,40-,41-,42-,43-,44-,45-/m0/s1. The van der Waals surface area contributed by atoms with Gasteiger partial charge < -0.3 is 45.2 Å². The Kier molecular flexibility index (Phi) is 13.7. The number of nitrogens with one attached hydrogen (secondary N) is 3. The van der Waals surface area contributed by atoms with Gasteiger partial charge in [-0.1, -0.05) is 90.9 Å². The first-order chi connectivity index (χ1) is 32.1. The molecule has 0 spiro atoms. The Balaban J connectivity index is 1.04. The average Bonchev–Trinajstić information content (AvgIpc) is 4.17. The number of benzene rings is 3. The van der Waals surface area contributed by atoms with Gasteiger partial charge in [-0.3, -0.25) is 9.59 Å². The van der Waals surface area contributed by atoms with Gasteiger partial charge in [0.2, 0.25) is 5.91 Å². The Bertz CT molecular complexity index is 2560. The van der Waals surface area contributed by atoms with E-state index in [2.05, 4.69) is 108 Å². The third kappa shape index (κ3) is 9.73. The molecule has 15 heteroatoms. The minimum absolute atomic E-state index is 0.0160. The third-order valence-electron chi connectivity index (χ3n) is 14.3. The van der Waals surface area contributed by atoms with Crippen molar-refractivity contribution in [2.45, 2.75) is 135 Å². The highest BCUT2D eigenvalue weighted by atomic mass is 16.6.